The van der Waals surface area contributed by atoms with Crippen LogP contribution in [-0.2, 0) is 4.74 Å². The standard InChI is InChI=1S/C20H24O6/c1-12(2)11-26-20(22)18-14(7-6-8-15(18)21)13-9-16(23-3)19(25-5)17(10-13)24-4/h6-10,12,21H,11H2,1-5H3. The molecule has 0 aromatic heterocycles. The Bertz CT molecular complexity index is 757. The Labute approximate surface area is 153 Å². The lowest BCUT2D eigenvalue weighted by atomic mass is 9.98. The predicted molar refractivity (Wildman–Crippen MR) is 98.3 cm³/mol. The minimum atomic E-state index is -0.583. The second kappa shape index (κ2) is 8.47. The van der Waals surface area contributed by atoms with Gasteiger partial charge in [0.15, 0.2) is 11.5 Å². The summed E-state index contributed by atoms with van der Waals surface area (Å²) in [5, 5.41) is 10.3. The van der Waals surface area contributed by atoms with Crippen molar-refractivity contribution in [2.45, 2.75) is 13.8 Å². The van der Waals surface area contributed by atoms with Crippen LogP contribution in [0.3, 0.4) is 0 Å². The van der Waals surface area contributed by atoms with Crippen LogP contribution in [0.5, 0.6) is 23.0 Å². The Kier molecular flexibility index (Phi) is 6.33. The monoisotopic (exact) mass is 360 g/mol. The summed E-state index contributed by atoms with van der Waals surface area (Å²) in [6, 6.07) is 8.28. The summed E-state index contributed by atoms with van der Waals surface area (Å²) in [5.74, 6) is 0.807. The van der Waals surface area contributed by atoms with E-state index in [0.29, 0.717) is 28.4 Å². The van der Waals surface area contributed by atoms with Crippen LogP contribution in [0.25, 0.3) is 11.1 Å². The number of carbonyl (C=O) groups excluding carboxylic acids is 1. The molecule has 0 spiro atoms. The van der Waals surface area contributed by atoms with Crippen LogP contribution in [-0.4, -0.2) is 39.0 Å². The number of carbonyl (C=O) groups is 1. The molecule has 0 aliphatic rings. The minimum Gasteiger partial charge on any atom is -0.507 e. The van der Waals surface area contributed by atoms with Gasteiger partial charge in [-0.3, -0.25) is 0 Å². The predicted octanol–water partition coefficient (Wildman–Crippen LogP) is 3.90. The van der Waals surface area contributed by atoms with E-state index in [0.717, 1.165) is 0 Å². The molecule has 0 bridgehead atoms. The van der Waals surface area contributed by atoms with E-state index in [-0.39, 0.29) is 23.8 Å². The summed E-state index contributed by atoms with van der Waals surface area (Å²) in [6.07, 6.45) is 0. The van der Waals surface area contributed by atoms with Crippen LogP contribution >= 0.6 is 0 Å². The van der Waals surface area contributed by atoms with Gasteiger partial charge in [0.25, 0.3) is 0 Å². The molecule has 0 fully saturated rings. The second-order valence-corrected chi connectivity index (χ2v) is 6.11. The van der Waals surface area contributed by atoms with Gasteiger partial charge in [0.05, 0.1) is 27.9 Å². The van der Waals surface area contributed by atoms with Crippen LogP contribution in [0.4, 0.5) is 0 Å². The molecular weight excluding hydrogens is 336 g/mol. The van der Waals surface area contributed by atoms with Gasteiger partial charge in [-0.05, 0) is 29.7 Å². The van der Waals surface area contributed by atoms with Gasteiger partial charge in [-0.1, -0.05) is 26.0 Å². The summed E-state index contributed by atoms with van der Waals surface area (Å²) in [7, 11) is 4.55. The van der Waals surface area contributed by atoms with Gasteiger partial charge in [-0.15, -0.1) is 0 Å². The highest BCUT2D eigenvalue weighted by Gasteiger charge is 2.22. The third-order valence-electron chi connectivity index (χ3n) is 3.77. The van der Waals surface area contributed by atoms with Crippen molar-refractivity contribution in [3.63, 3.8) is 0 Å². The van der Waals surface area contributed by atoms with Gasteiger partial charge >= 0.3 is 5.97 Å². The Morgan fingerprint density at radius 2 is 1.65 bits per heavy atom. The normalized spacial score (nSPS) is 10.5. The number of benzene rings is 2. The zero-order valence-corrected chi connectivity index (χ0v) is 15.7. The van der Waals surface area contributed by atoms with Crippen molar-refractivity contribution in [2.75, 3.05) is 27.9 Å². The van der Waals surface area contributed by atoms with Crippen LogP contribution in [0, 0.1) is 5.92 Å². The van der Waals surface area contributed by atoms with E-state index in [4.69, 9.17) is 18.9 Å². The molecule has 0 saturated carbocycles. The number of ether oxygens (including phenoxy) is 4. The maximum atomic E-state index is 12.5. The first-order valence-electron chi connectivity index (χ1n) is 8.22. The Morgan fingerprint density at radius 3 is 2.15 bits per heavy atom. The van der Waals surface area contributed by atoms with Gasteiger partial charge < -0.3 is 24.1 Å². The van der Waals surface area contributed by atoms with Crippen molar-refractivity contribution < 1.29 is 28.8 Å². The number of phenols is 1. The first kappa shape index (κ1) is 19.4. The second-order valence-electron chi connectivity index (χ2n) is 6.11. The molecular formula is C20H24O6. The van der Waals surface area contributed by atoms with E-state index in [1.165, 1.54) is 27.4 Å². The number of rotatable bonds is 7. The molecule has 2 rings (SSSR count). The molecule has 0 aliphatic heterocycles. The van der Waals surface area contributed by atoms with Crippen molar-refractivity contribution in [2.24, 2.45) is 5.92 Å². The van der Waals surface area contributed by atoms with Crippen LogP contribution < -0.4 is 14.2 Å². The molecule has 0 atom stereocenters. The molecule has 2 aromatic rings. The molecule has 6 nitrogen and oxygen atoms in total. The van der Waals surface area contributed by atoms with Gasteiger partial charge in [-0.2, -0.15) is 0 Å². The zero-order valence-electron chi connectivity index (χ0n) is 15.7. The summed E-state index contributed by atoms with van der Waals surface area (Å²) >= 11 is 0. The van der Waals surface area contributed by atoms with E-state index >= 15 is 0 Å². The molecule has 1 N–H and O–H groups in total. The molecule has 2 aromatic carbocycles. The van der Waals surface area contributed by atoms with E-state index in [1.54, 1.807) is 24.3 Å². The van der Waals surface area contributed by atoms with E-state index in [1.807, 2.05) is 13.8 Å². The van der Waals surface area contributed by atoms with E-state index in [9.17, 15) is 9.90 Å². The molecule has 0 heterocycles. The number of esters is 1. The Balaban J connectivity index is 2.59. The number of aromatic hydroxyl groups is 1. The van der Waals surface area contributed by atoms with Crippen molar-refractivity contribution in [1.29, 1.82) is 0 Å². The maximum Gasteiger partial charge on any atom is 0.342 e. The van der Waals surface area contributed by atoms with Crippen LogP contribution in [0.15, 0.2) is 30.3 Å². The molecule has 140 valence electrons. The van der Waals surface area contributed by atoms with Crippen LogP contribution in [0.2, 0.25) is 0 Å². The fourth-order valence-corrected chi connectivity index (χ4v) is 2.55. The lowest BCUT2D eigenvalue weighted by Gasteiger charge is -2.16. The fraction of sp³-hybridized carbons (Fsp3) is 0.350. The van der Waals surface area contributed by atoms with E-state index < -0.39 is 5.97 Å². The molecule has 0 unspecified atom stereocenters. The number of methoxy groups -OCH3 is 3. The lowest BCUT2D eigenvalue weighted by molar-refractivity contribution is 0.0456. The van der Waals surface area contributed by atoms with Crippen molar-refractivity contribution in [3.8, 4) is 34.1 Å². The number of hydrogen-bond acceptors (Lipinski definition) is 6. The van der Waals surface area contributed by atoms with Crippen molar-refractivity contribution >= 4 is 5.97 Å². The highest BCUT2D eigenvalue weighted by Crippen LogP contribution is 2.42. The molecule has 0 amide bonds. The minimum absolute atomic E-state index is 0.0995. The zero-order chi connectivity index (χ0) is 19.3. The summed E-state index contributed by atoms with van der Waals surface area (Å²) in [5.41, 5.74) is 1.24. The smallest absolute Gasteiger partial charge is 0.342 e. The Morgan fingerprint density at radius 1 is 1.04 bits per heavy atom. The Hall–Kier alpha value is -2.89. The lowest BCUT2D eigenvalue weighted by Crippen LogP contribution is -2.11. The van der Waals surface area contributed by atoms with Gasteiger partial charge in [-0.25, -0.2) is 4.79 Å². The molecule has 26 heavy (non-hydrogen) atoms. The third kappa shape index (κ3) is 4.02. The topological polar surface area (TPSA) is 74.2 Å². The summed E-state index contributed by atoms with van der Waals surface area (Å²) in [4.78, 5) is 12.5. The van der Waals surface area contributed by atoms with Gasteiger partial charge in [0.1, 0.15) is 11.3 Å². The van der Waals surface area contributed by atoms with Gasteiger partial charge in [0.2, 0.25) is 5.75 Å². The average Bonchev–Trinajstić information content (AvgIpc) is 2.64. The number of phenolic OH excluding ortho intramolecular Hbond substituents is 1. The number of hydrogen-bond donors (Lipinski definition) is 1. The van der Waals surface area contributed by atoms with Crippen molar-refractivity contribution in [3.05, 3.63) is 35.9 Å². The fourth-order valence-electron chi connectivity index (χ4n) is 2.55. The quantitative estimate of drug-likeness (QED) is 0.755. The van der Waals surface area contributed by atoms with E-state index in [2.05, 4.69) is 0 Å². The third-order valence-corrected chi connectivity index (χ3v) is 3.77. The summed E-state index contributed by atoms with van der Waals surface area (Å²) in [6.45, 7) is 4.15. The van der Waals surface area contributed by atoms with Crippen LogP contribution in [0.1, 0.15) is 24.2 Å². The maximum absolute atomic E-state index is 12.5. The average molecular weight is 360 g/mol. The van der Waals surface area contributed by atoms with Gasteiger partial charge in [0, 0.05) is 5.56 Å². The SMILES string of the molecule is COc1cc(-c2cccc(O)c2C(=O)OCC(C)C)cc(OC)c1OC. The molecule has 6 heteroatoms. The summed E-state index contributed by atoms with van der Waals surface area (Å²) < 4.78 is 21.4. The molecule has 0 aliphatic carbocycles. The van der Waals surface area contributed by atoms with Crippen molar-refractivity contribution in [1.82, 2.24) is 0 Å². The molecule has 0 saturated heterocycles. The highest BCUT2D eigenvalue weighted by molar-refractivity contribution is 6.00. The largest absolute Gasteiger partial charge is 0.507 e. The first-order valence-corrected chi connectivity index (χ1v) is 8.22. The highest BCUT2D eigenvalue weighted by atomic mass is 16.5. The first-order chi connectivity index (χ1) is 12.4. The molecule has 0 radical (unpaired) electrons.